The summed E-state index contributed by atoms with van der Waals surface area (Å²) < 4.78 is 28.3. The second-order valence-corrected chi connectivity index (χ2v) is 7.14. The zero-order valence-corrected chi connectivity index (χ0v) is 11.9. The Bertz CT molecular complexity index is 635. The minimum atomic E-state index is -3.52. The lowest BCUT2D eigenvalue weighted by molar-refractivity contribution is 0.582. The van der Waals surface area contributed by atoms with E-state index in [0.29, 0.717) is 6.42 Å². The third-order valence-electron chi connectivity index (χ3n) is 2.28. The number of sulfonamides is 1. The van der Waals surface area contributed by atoms with E-state index in [-0.39, 0.29) is 15.2 Å². The highest BCUT2D eigenvalue weighted by molar-refractivity contribution is 7.91. The summed E-state index contributed by atoms with van der Waals surface area (Å²) in [6, 6.07) is 0. The number of rotatable bonds is 5. The van der Waals surface area contributed by atoms with E-state index in [1.165, 1.54) is 6.20 Å². The number of halogens is 1. The van der Waals surface area contributed by atoms with Crippen molar-refractivity contribution in [3.05, 3.63) is 28.9 Å². The van der Waals surface area contributed by atoms with Crippen molar-refractivity contribution in [3.8, 4) is 0 Å². The minimum Gasteiger partial charge on any atom is -0.338 e. The Morgan fingerprint density at radius 1 is 1.50 bits per heavy atom. The van der Waals surface area contributed by atoms with Crippen LogP contribution in [-0.4, -0.2) is 29.5 Å². The van der Waals surface area contributed by atoms with Gasteiger partial charge in [-0.2, -0.15) is 0 Å². The van der Waals surface area contributed by atoms with E-state index in [1.54, 1.807) is 6.20 Å². The van der Waals surface area contributed by atoms with Crippen LogP contribution in [0.15, 0.2) is 22.8 Å². The van der Waals surface area contributed by atoms with Crippen molar-refractivity contribution in [2.24, 2.45) is 7.05 Å². The average Bonchev–Trinajstić information content (AvgIpc) is 2.89. The predicted octanol–water partition coefficient (Wildman–Crippen LogP) is 1.05. The molecule has 0 bridgehead atoms. The molecule has 0 aliphatic rings. The Labute approximate surface area is 114 Å². The van der Waals surface area contributed by atoms with Gasteiger partial charge in [0.15, 0.2) is 8.68 Å². The van der Waals surface area contributed by atoms with E-state index in [2.05, 4.69) is 14.7 Å². The van der Waals surface area contributed by atoms with Crippen LogP contribution in [0.5, 0.6) is 0 Å². The summed E-state index contributed by atoms with van der Waals surface area (Å²) in [4.78, 5) is 7.81. The third kappa shape index (κ3) is 3.08. The summed E-state index contributed by atoms with van der Waals surface area (Å²) in [7, 11) is -1.66. The lowest BCUT2D eigenvalue weighted by atomic mass is 10.4. The van der Waals surface area contributed by atoms with Gasteiger partial charge in [0.05, 0.1) is 6.20 Å². The van der Waals surface area contributed by atoms with Crippen molar-refractivity contribution in [3.63, 3.8) is 0 Å². The molecule has 0 radical (unpaired) electrons. The first kappa shape index (κ1) is 13.5. The Kier molecular flexibility index (Phi) is 4.00. The topological polar surface area (TPSA) is 76.9 Å². The van der Waals surface area contributed by atoms with Gasteiger partial charge in [0.1, 0.15) is 5.82 Å². The highest BCUT2D eigenvalue weighted by atomic mass is 35.5. The fourth-order valence-electron chi connectivity index (χ4n) is 1.37. The largest absolute Gasteiger partial charge is 0.338 e. The van der Waals surface area contributed by atoms with Crippen LogP contribution >= 0.6 is 22.9 Å². The van der Waals surface area contributed by atoms with Crippen molar-refractivity contribution < 1.29 is 8.42 Å². The zero-order chi connectivity index (χ0) is 13.2. The summed E-state index contributed by atoms with van der Waals surface area (Å²) in [6.45, 7) is 0.280. The van der Waals surface area contributed by atoms with Crippen molar-refractivity contribution in [2.45, 2.75) is 10.6 Å². The maximum absolute atomic E-state index is 11.8. The highest BCUT2D eigenvalue weighted by Gasteiger charge is 2.17. The molecule has 2 aromatic heterocycles. The van der Waals surface area contributed by atoms with Crippen LogP contribution in [0.1, 0.15) is 5.82 Å². The van der Waals surface area contributed by atoms with Crippen LogP contribution in [0, 0.1) is 0 Å². The molecule has 0 saturated carbocycles. The third-order valence-corrected chi connectivity index (χ3v) is 5.32. The summed E-state index contributed by atoms with van der Waals surface area (Å²) in [5.74, 6) is 0.819. The lowest BCUT2D eigenvalue weighted by Gasteiger charge is -2.04. The second kappa shape index (κ2) is 5.35. The van der Waals surface area contributed by atoms with Crippen LogP contribution in [0.3, 0.4) is 0 Å². The van der Waals surface area contributed by atoms with Gasteiger partial charge in [0, 0.05) is 32.4 Å². The number of aromatic nitrogens is 3. The van der Waals surface area contributed by atoms with Gasteiger partial charge in [0.25, 0.3) is 10.0 Å². The van der Waals surface area contributed by atoms with Crippen molar-refractivity contribution in [1.82, 2.24) is 19.3 Å². The maximum Gasteiger partial charge on any atom is 0.251 e. The van der Waals surface area contributed by atoms with Crippen LogP contribution in [0.4, 0.5) is 0 Å². The Balaban J connectivity index is 1.96. The molecule has 2 aromatic rings. The highest BCUT2D eigenvalue weighted by Crippen LogP contribution is 2.21. The minimum absolute atomic E-state index is 0.118. The van der Waals surface area contributed by atoms with E-state index >= 15 is 0 Å². The molecule has 0 amide bonds. The molecule has 2 rings (SSSR count). The van der Waals surface area contributed by atoms with E-state index in [4.69, 9.17) is 11.6 Å². The second-order valence-electron chi connectivity index (χ2n) is 3.53. The molecule has 0 aliphatic carbocycles. The standard InChI is InChI=1S/C9H11ClN4O2S2/c1-14-5-4-11-7(14)2-3-13-18(15,16)8-6-12-9(10)17-8/h4-6,13H,2-3H2,1H3. The first-order valence-corrected chi connectivity index (χ1v) is 7.74. The Hall–Kier alpha value is -0.960. The van der Waals surface area contributed by atoms with Crippen molar-refractivity contribution in [1.29, 1.82) is 0 Å². The monoisotopic (exact) mass is 306 g/mol. The van der Waals surface area contributed by atoms with Gasteiger partial charge in [0.2, 0.25) is 0 Å². The Morgan fingerprint density at radius 2 is 2.28 bits per heavy atom. The number of imidazole rings is 1. The SMILES string of the molecule is Cn1ccnc1CCNS(=O)(=O)c1cnc(Cl)s1. The molecule has 98 valence electrons. The number of nitrogens with zero attached hydrogens (tertiary/aromatic N) is 3. The maximum atomic E-state index is 11.8. The number of hydrogen-bond donors (Lipinski definition) is 1. The lowest BCUT2D eigenvalue weighted by Crippen LogP contribution is -2.26. The van der Waals surface area contributed by atoms with Gasteiger partial charge in [-0.05, 0) is 0 Å². The van der Waals surface area contributed by atoms with Crippen LogP contribution in [-0.2, 0) is 23.5 Å². The molecule has 0 saturated heterocycles. The molecule has 0 aliphatic heterocycles. The molecule has 0 fully saturated rings. The molecule has 18 heavy (non-hydrogen) atoms. The zero-order valence-electron chi connectivity index (χ0n) is 9.50. The fraction of sp³-hybridized carbons (Fsp3) is 0.333. The molecule has 9 heteroatoms. The molecule has 0 aromatic carbocycles. The average molecular weight is 307 g/mol. The molecule has 0 spiro atoms. The van der Waals surface area contributed by atoms with Crippen LogP contribution in [0.25, 0.3) is 0 Å². The number of thiazole rings is 1. The van der Waals surface area contributed by atoms with Gasteiger partial charge >= 0.3 is 0 Å². The van der Waals surface area contributed by atoms with E-state index in [9.17, 15) is 8.42 Å². The van der Waals surface area contributed by atoms with Crippen LogP contribution in [0.2, 0.25) is 4.47 Å². The van der Waals surface area contributed by atoms with Gasteiger partial charge in [-0.1, -0.05) is 22.9 Å². The number of aryl methyl sites for hydroxylation is 1. The number of nitrogens with one attached hydrogen (secondary N) is 1. The predicted molar refractivity (Wildman–Crippen MR) is 69.2 cm³/mol. The van der Waals surface area contributed by atoms with Crippen molar-refractivity contribution in [2.75, 3.05) is 6.54 Å². The molecule has 6 nitrogen and oxygen atoms in total. The first-order valence-electron chi connectivity index (χ1n) is 5.06. The fourth-order valence-corrected chi connectivity index (χ4v) is 3.74. The first-order chi connectivity index (χ1) is 8.49. The number of hydrogen-bond acceptors (Lipinski definition) is 5. The van der Waals surface area contributed by atoms with Gasteiger partial charge in [-0.3, -0.25) is 0 Å². The summed E-state index contributed by atoms with van der Waals surface area (Å²) >= 11 is 6.53. The molecule has 0 unspecified atom stereocenters. The van der Waals surface area contributed by atoms with Crippen molar-refractivity contribution >= 4 is 33.0 Å². The van der Waals surface area contributed by atoms with Gasteiger partial charge < -0.3 is 4.57 Å². The summed E-state index contributed by atoms with van der Waals surface area (Å²) in [6.07, 6.45) is 5.25. The molecule has 1 N–H and O–H groups in total. The summed E-state index contributed by atoms with van der Waals surface area (Å²) in [5.41, 5.74) is 0. The normalized spacial score (nSPS) is 11.9. The smallest absolute Gasteiger partial charge is 0.251 e. The summed E-state index contributed by atoms with van der Waals surface area (Å²) in [5, 5.41) is 0. The quantitative estimate of drug-likeness (QED) is 0.896. The Morgan fingerprint density at radius 3 is 2.83 bits per heavy atom. The van der Waals surface area contributed by atoms with E-state index in [0.717, 1.165) is 17.2 Å². The molecule has 0 atom stereocenters. The molecular weight excluding hydrogens is 296 g/mol. The molecular formula is C9H11ClN4O2S2. The van der Waals surface area contributed by atoms with Crippen LogP contribution < -0.4 is 4.72 Å². The van der Waals surface area contributed by atoms with E-state index in [1.807, 2.05) is 17.8 Å². The van der Waals surface area contributed by atoms with E-state index < -0.39 is 10.0 Å². The van der Waals surface area contributed by atoms with Gasteiger partial charge in [-0.15, -0.1) is 0 Å². The molecule has 2 heterocycles. The van der Waals surface area contributed by atoms with Gasteiger partial charge in [-0.25, -0.2) is 23.1 Å².